The van der Waals surface area contributed by atoms with Crippen LogP contribution >= 0.6 is 0 Å². The molecule has 0 saturated carbocycles. The number of amides is 1. The van der Waals surface area contributed by atoms with E-state index in [0.717, 1.165) is 31.3 Å². The van der Waals surface area contributed by atoms with Gasteiger partial charge in [-0.1, -0.05) is 24.1 Å². The third-order valence-electron chi connectivity index (χ3n) is 11.5. The predicted octanol–water partition coefficient (Wildman–Crippen LogP) is 6.21. The Labute approximate surface area is 324 Å². The SMILES string of the molecule is C#Cc1c(F)ccc2cc(OCOC)cc(-c3ncc4c(N5C[C@H]6CC[C@@H](C5)N6C(=O)OC(C)(C)C)nc(OC[C@@]56CC[C@@H](CO)N5CC(=C)C6)nc4c3F)c12. The van der Waals surface area contributed by atoms with Crippen molar-refractivity contribution in [1.82, 2.24) is 24.8 Å². The maximum Gasteiger partial charge on any atom is 0.410 e. The van der Waals surface area contributed by atoms with Gasteiger partial charge < -0.3 is 29.0 Å². The molecule has 4 atom stereocenters. The van der Waals surface area contributed by atoms with E-state index < -0.39 is 22.8 Å². The smallest absolute Gasteiger partial charge is 0.410 e. The minimum absolute atomic E-state index is 0.00931. The maximum atomic E-state index is 17.4. The Balaban J connectivity index is 1.24. The summed E-state index contributed by atoms with van der Waals surface area (Å²) in [6, 6.07) is 5.71. The van der Waals surface area contributed by atoms with Gasteiger partial charge in [0.2, 0.25) is 0 Å². The number of fused-ring (bicyclic) bond motifs is 5. The summed E-state index contributed by atoms with van der Waals surface area (Å²) in [7, 11) is 1.48. The molecule has 4 aromatic rings. The number of aromatic nitrogens is 3. The number of terminal acetylenes is 1. The average molecular weight is 769 g/mol. The molecular formula is C42H46F2N6O6. The number of rotatable bonds is 9. The molecule has 6 heterocycles. The van der Waals surface area contributed by atoms with E-state index in [2.05, 4.69) is 27.4 Å². The van der Waals surface area contributed by atoms with E-state index in [4.69, 9.17) is 30.4 Å². The molecule has 12 nitrogen and oxygen atoms in total. The summed E-state index contributed by atoms with van der Waals surface area (Å²) in [5.74, 6) is 1.79. The number of aliphatic hydroxyl groups is 1. The lowest BCUT2D eigenvalue weighted by Gasteiger charge is -2.42. The molecular weight excluding hydrogens is 722 g/mol. The lowest BCUT2D eigenvalue weighted by Crippen LogP contribution is -2.57. The number of carbonyl (C=O) groups is 1. The van der Waals surface area contributed by atoms with Crippen molar-refractivity contribution >= 4 is 33.6 Å². The second-order valence-electron chi connectivity index (χ2n) is 16.3. The van der Waals surface area contributed by atoms with Crippen molar-refractivity contribution in [2.45, 2.75) is 82.1 Å². The van der Waals surface area contributed by atoms with Crippen LogP contribution in [0.3, 0.4) is 0 Å². The number of piperazine rings is 1. The summed E-state index contributed by atoms with van der Waals surface area (Å²) in [5.41, 5.74) is 0.0239. The fourth-order valence-electron chi connectivity index (χ4n) is 9.12. The van der Waals surface area contributed by atoms with Gasteiger partial charge in [-0.25, -0.2) is 13.6 Å². The highest BCUT2D eigenvalue weighted by molar-refractivity contribution is 6.03. The third kappa shape index (κ3) is 6.65. The number of benzene rings is 2. The Morgan fingerprint density at radius 3 is 2.59 bits per heavy atom. The summed E-state index contributed by atoms with van der Waals surface area (Å²) in [5, 5.41) is 11.3. The molecule has 1 N–H and O–H groups in total. The topological polar surface area (TPSA) is 123 Å². The van der Waals surface area contributed by atoms with Crippen LogP contribution in [-0.4, -0.2) is 112 Å². The second-order valence-corrected chi connectivity index (χ2v) is 16.3. The van der Waals surface area contributed by atoms with Crippen molar-refractivity contribution in [2.75, 3.05) is 51.7 Å². The lowest BCUT2D eigenvalue weighted by molar-refractivity contribution is 0.0122. The van der Waals surface area contributed by atoms with Crippen molar-refractivity contribution in [3.05, 3.63) is 59.8 Å². The van der Waals surface area contributed by atoms with Crippen LogP contribution in [0.2, 0.25) is 0 Å². The van der Waals surface area contributed by atoms with Gasteiger partial charge >= 0.3 is 12.1 Å². The average Bonchev–Trinajstić information content (AvgIpc) is 3.77. The molecule has 14 heteroatoms. The van der Waals surface area contributed by atoms with Crippen molar-refractivity contribution < 1.29 is 37.6 Å². The van der Waals surface area contributed by atoms with Crippen LogP contribution in [0.4, 0.5) is 19.4 Å². The van der Waals surface area contributed by atoms with E-state index in [0.29, 0.717) is 53.8 Å². The van der Waals surface area contributed by atoms with Crippen LogP contribution in [0.5, 0.6) is 11.8 Å². The molecule has 0 unspecified atom stereocenters. The van der Waals surface area contributed by atoms with Gasteiger partial charge in [0, 0.05) is 49.9 Å². The number of nitrogens with zero attached hydrogens (tertiary/aromatic N) is 6. The maximum absolute atomic E-state index is 17.4. The molecule has 8 rings (SSSR count). The van der Waals surface area contributed by atoms with Crippen LogP contribution in [-0.2, 0) is 9.47 Å². The minimum atomic E-state index is -0.779. The minimum Gasteiger partial charge on any atom is -0.468 e. The van der Waals surface area contributed by atoms with E-state index in [9.17, 15) is 9.90 Å². The molecule has 294 valence electrons. The van der Waals surface area contributed by atoms with E-state index in [1.807, 2.05) is 30.6 Å². The fraction of sp³-hybridized carbons (Fsp3) is 0.476. The lowest BCUT2D eigenvalue weighted by atomic mass is 9.94. The zero-order valence-corrected chi connectivity index (χ0v) is 32.1. The summed E-state index contributed by atoms with van der Waals surface area (Å²) in [4.78, 5) is 33.7. The Kier molecular flexibility index (Phi) is 9.75. The predicted molar refractivity (Wildman–Crippen MR) is 207 cm³/mol. The number of methoxy groups -OCH3 is 1. The molecule has 2 bridgehead atoms. The highest BCUT2D eigenvalue weighted by atomic mass is 19.1. The highest BCUT2D eigenvalue weighted by Crippen LogP contribution is 2.45. The van der Waals surface area contributed by atoms with Gasteiger partial charge in [-0.3, -0.25) is 14.8 Å². The number of halogens is 2. The van der Waals surface area contributed by atoms with E-state index >= 15 is 8.78 Å². The van der Waals surface area contributed by atoms with Crippen LogP contribution in [0, 0.1) is 24.0 Å². The molecule has 56 heavy (non-hydrogen) atoms. The number of hydrogen-bond donors (Lipinski definition) is 1. The van der Waals surface area contributed by atoms with Gasteiger partial charge in [0.15, 0.2) is 12.6 Å². The molecule has 2 aromatic heterocycles. The van der Waals surface area contributed by atoms with Gasteiger partial charge in [0.05, 0.1) is 35.2 Å². The zero-order chi connectivity index (χ0) is 39.5. The van der Waals surface area contributed by atoms with Gasteiger partial charge in [-0.2, -0.15) is 9.97 Å². The molecule has 0 radical (unpaired) electrons. The third-order valence-corrected chi connectivity index (χ3v) is 11.5. The number of carbonyl (C=O) groups excluding carboxylic acids is 1. The molecule has 0 spiro atoms. The molecule has 0 aliphatic carbocycles. The Bertz CT molecular complexity index is 2260. The van der Waals surface area contributed by atoms with Gasteiger partial charge in [-0.15, -0.1) is 6.42 Å². The fourth-order valence-corrected chi connectivity index (χ4v) is 9.12. The highest BCUT2D eigenvalue weighted by Gasteiger charge is 2.51. The quantitative estimate of drug-likeness (QED) is 0.119. The second kappa shape index (κ2) is 14.4. The Morgan fingerprint density at radius 1 is 1.12 bits per heavy atom. The standard InChI is InChI=1S/C42H46F2N6O6/c1-7-30-33(43)11-8-25-14-29(55-23-53-6)15-31(34(25)30)36-35(44)37-32(17-45-36)38(48-19-26-9-10-27(20-48)50(26)40(52)56-41(3,4)5)47-39(46-37)54-22-42-13-12-28(21-51)49(42)18-24(2)16-42/h1,8,11,14-15,17,26-28,51H,2,9-10,12-13,16,18-23H2,3-6H3/t26-,27+,28-,42-/m0/s1. The monoisotopic (exact) mass is 768 g/mol. The first kappa shape index (κ1) is 37.8. The van der Waals surface area contributed by atoms with Crippen LogP contribution < -0.4 is 14.4 Å². The largest absolute Gasteiger partial charge is 0.468 e. The van der Waals surface area contributed by atoms with Gasteiger partial charge in [0.25, 0.3) is 0 Å². The van der Waals surface area contributed by atoms with E-state index in [1.165, 1.54) is 19.4 Å². The molecule has 4 aliphatic heterocycles. The Morgan fingerprint density at radius 2 is 1.89 bits per heavy atom. The van der Waals surface area contributed by atoms with Crippen LogP contribution in [0.15, 0.2) is 42.6 Å². The normalized spacial score (nSPS) is 23.5. The van der Waals surface area contributed by atoms with Gasteiger partial charge in [0.1, 0.15) is 40.8 Å². The van der Waals surface area contributed by atoms with Crippen molar-refractivity contribution in [1.29, 1.82) is 0 Å². The number of anilines is 1. The van der Waals surface area contributed by atoms with Crippen molar-refractivity contribution in [3.8, 4) is 35.4 Å². The van der Waals surface area contributed by atoms with E-state index in [-0.39, 0.29) is 72.6 Å². The first-order valence-electron chi connectivity index (χ1n) is 19.0. The van der Waals surface area contributed by atoms with E-state index in [1.54, 1.807) is 18.2 Å². The first-order valence-corrected chi connectivity index (χ1v) is 19.0. The molecule has 4 fully saturated rings. The van der Waals surface area contributed by atoms with Crippen LogP contribution in [0.25, 0.3) is 32.9 Å². The summed E-state index contributed by atoms with van der Waals surface area (Å²) in [6.07, 6.45) is 10.8. The number of hydrogen-bond acceptors (Lipinski definition) is 11. The van der Waals surface area contributed by atoms with Crippen LogP contribution in [0.1, 0.15) is 58.4 Å². The number of aliphatic hydroxyl groups excluding tert-OH is 1. The molecule has 4 saturated heterocycles. The first-order chi connectivity index (χ1) is 26.8. The number of pyridine rings is 1. The Hall–Kier alpha value is -5.10. The molecule has 2 aromatic carbocycles. The molecule has 4 aliphatic rings. The van der Waals surface area contributed by atoms with Gasteiger partial charge in [-0.05, 0) is 76.5 Å². The molecule has 1 amide bonds. The summed E-state index contributed by atoms with van der Waals surface area (Å²) in [6.45, 7) is 11.4. The van der Waals surface area contributed by atoms with Crippen molar-refractivity contribution in [3.63, 3.8) is 0 Å². The zero-order valence-electron chi connectivity index (χ0n) is 32.1. The summed E-state index contributed by atoms with van der Waals surface area (Å²) >= 11 is 0. The summed E-state index contributed by atoms with van der Waals surface area (Å²) < 4.78 is 55.6. The number of ether oxygens (including phenoxy) is 4. The van der Waals surface area contributed by atoms with Crippen molar-refractivity contribution in [2.24, 2.45) is 0 Å².